The Morgan fingerprint density at radius 3 is 2.50 bits per heavy atom. The molecule has 0 aliphatic rings. The number of amides is 1. The molecule has 2 aromatic carbocycles. The second-order valence-electron chi connectivity index (χ2n) is 6.26. The van der Waals surface area contributed by atoms with Crippen molar-refractivity contribution in [2.24, 2.45) is 0 Å². The van der Waals surface area contributed by atoms with Crippen LogP contribution in [0.5, 0.6) is 11.5 Å². The van der Waals surface area contributed by atoms with Gasteiger partial charge in [-0.3, -0.25) is 9.59 Å². The van der Waals surface area contributed by atoms with Crippen LogP contribution in [0.1, 0.15) is 27.4 Å². The first-order valence-electron chi connectivity index (χ1n) is 8.67. The Bertz CT molecular complexity index is 1040. The maximum absolute atomic E-state index is 12.6. The molecule has 3 aromatic rings. The van der Waals surface area contributed by atoms with Crippen molar-refractivity contribution in [2.75, 3.05) is 19.5 Å². The van der Waals surface area contributed by atoms with E-state index in [-0.39, 0.29) is 11.3 Å². The van der Waals surface area contributed by atoms with E-state index in [9.17, 15) is 9.59 Å². The van der Waals surface area contributed by atoms with E-state index in [1.165, 1.54) is 13.2 Å². The number of aryl methyl sites for hydroxylation is 1. The molecule has 144 valence electrons. The molecule has 0 radical (unpaired) electrons. The summed E-state index contributed by atoms with van der Waals surface area (Å²) in [6.07, 6.45) is 0.383. The van der Waals surface area contributed by atoms with Gasteiger partial charge in [-0.2, -0.15) is 0 Å². The number of rotatable bonds is 6. The van der Waals surface area contributed by atoms with Crippen molar-refractivity contribution in [2.45, 2.75) is 13.3 Å². The van der Waals surface area contributed by atoms with Crippen molar-refractivity contribution in [3.8, 4) is 11.5 Å². The summed E-state index contributed by atoms with van der Waals surface area (Å²) in [5, 5.41) is 2.76. The highest BCUT2D eigenvalue weighted by molar-refractivity contribution is 6.03. The number of anilines is 1. The minimum atomic E-state index is -0.481. The fraction of sp³-hybridized carbons (Fsp3) is 0.190. The lowest BCUT2D eigenvalue weighted by Crippen LogP contribution is -2.20. The van der Waals surface area contributed by atoms with Gasteiger partial charge < -0.3 is 19.8 Å². The number of ether oxygens (including phenoxy) is 2. The standard InChI is InChI=1S/C21H21N3O4/c1-13-4-9-18(28-3)16(10-13)23-21(26)17-12-20(25)24-19(22-17)11-14-5-7-15(27-2)8-6-14/h4-10,12H,11H2,1-3H3,(H,23,26)(H,22,24,25). The van der Waals surface area contributed by atoms with Crippen molar-refractivity contribution >= 4 is 11.6 Å². The first kappa shape index (κ1) is 19.2. The van der Waals surface area contributed by atoms with Crippen LogP contribution < -0.4 is 20.3 Å². The van der Waals surface area contributed by atoms with Crippen LogP contribution in [0.4, 0.5) is 5.69 Å². The average Bonchev–Trinajstić information content (AvgIpc) is 2.68. The third-order valence-electron chi connectivity index (χ3n) is 4.16. The first-order valence-corrected chi connectivity index (χ1v) is 8.67. The Hall–Kier alpha value is -3.61. The Balaban J connectivity index is 1.83. The number of carbonyl (C=O) groups is 1. The summed E-state index contributed by atoms with van der Waals surface area (Å²) >= 11 is 0. The number of carbonyl (C=O) groups excluding carboxylic acids is 1. The van der Waals surface area contributed by atoms with Crippen LogP contribution in [-0.2, 0) is 6.42 Å². The summed E-state index contributed by atoms with van der Waals surface area (Å²) in [4.78, 5) is 31.6. The zero-order chi connectivity index (χ0) is 20.1. The van der Waals surface area contributed by atoms with Gasteiger partial charge in [0, 0.05) is 12.5 Å². The number of nitrogens with zero attached hydrogens (tertiary/aromatic N) is 1. The van der Waals surface area contributed by atoms with E-state index in [0.717, 1.165) is 16.9 Å². The van der Waals surface area contributed by atoms with Crippen LogP contribution >= 0.6 is 0 Å². The van der Waals surface area contributed by atoms with Crippen LogP contribution in [0.15, 0.2) is 53.3 Å². The van der Waals surface area contributed by atoms with Gasteiger partial charge in [0.2, 0.25) is 0 Å². The molecule has 0 saturated heterocycles. The quantitative estimate of drug-likeness (QED) is 0.687. The molecule has 0 fully saturated rings. The van der Waals surface area contributed by atoms with E-state index in [4.69, 9.17) is 9.47 Å². The molecular weight excluding hydrogens is 358 g/mol. The van der Waals surface area contributed by atoms with E-state index in [1.807, 2.05) is 37.3 Å². The molecule has 1 amide bonds. The number of aromatic amines is 1. The van der Waals surface area contributed by atoms with E-state index in [0.29, 0.717) is 23.7 Å². The monoisotopic (exact) mass is 379 g/mol. The molecule has 0 saturated carbocycles. The number of hydrogen-bond donors (Lipinski definition) is 2. The smallest absolute Gasteiger partial charge is 0.274 e. The molecule has 3 rings (SSSR count). The lowest BCUT2D eigenvalue weighted by Gasteiger charge is -2.11. The summed E-state index contributed by atoms with van der Waals surface area (Å²) in [6.45, 7) is 1.91. The zero-order valence-electron chi connectivity index (χ0n) is 15.9. The molecule has 0 spiro atoms. The molecule has 7 nitrogen and oxygen atoms in total. The molecular formula is C21H21N3O4. The van der Waals surface area contributed by atoms with Crippen LogP contribution in [0.25, 0.3) is 0 Å². The predicted octanol–water partition coefficient (Wildman–Crippen LogP) is 2.94. The number of aromatic nitrogens is 2. The minimum Gasteiger partial charge on any atom is -0.497 e. The van der Waals surface area contributed by atoms with E-state index < -0.39 is 5.91 Å². The Morgan fingerprint density at radius 1 is 1.07 bits per heavy atom. The van der Waals surface area contributed by atoms with Gasteiger partial charge in [0.25, 0.3) is 11.5 Å². The molecule has 0 aliphatic carbocycles. The maximum Gasteiger partial charge on any atom is 0.274 e. The fourth-order valence-electron chi connectivity index (χ4n) is 2.75. The molecule has 2 N–H and O–H groups in total. The molecule has 7 heteroatoms. The Kier molecular flexibility index (Phi) is 5.74. The number of methoxy groups -OCH3 is 2. The van der Waals surface area contributed by atoms with Gasteiger partial charge in [-0.25, -0.2) is 4.98 Å². The molecule has 1 aromatic heterocycles. The van der Waals surface area contributed by atoms with Crippen molar-refractivity contribution < 1.29 is 14.3 Å². The topological polar surface area (TPSA) is 93.3 Å². The molecule has 0 aliphatic heterocycles. The molecule has 28 heavy (non-hydrogen) atoms. The predicted molar refractivity (Wildman–Crippen MR) is 106 cm³/mol. The maximum atomic E-state index is 12.6. The van der Waals surface area contributed by atoms with Crippen LogP contribution in [0.2, 0.25) is 0 Å². The highest BCUT2D eigenvalue weighted by atomic mass is 16.5. The van der Waals surface area contributed by atoms with Gasteiger partial charge in [0.1, 0.15) is 23.0 Å². The van der Waals surface area contributed by atoms with E-state index >= 15 is 0 Å². The van der Waals surface area contributed by atoms with E-state index in [1.54, 1.807) is 19.2 Å². The fourth-order valence-corrected chi connectivity index (χ4v) is 2.75. The Labute approximate surface area is 162 Å². The summed E-state index contributed by atoms with van der Waals surface area (Å²) < 4.78 is 10.4. The number of H-pyrrole nitrogens is 1. The normalized spacial score (nSPS) is 10.4. The van der Waals surface area contributed by atoms with Crippen LogP contribution in [-0.4, -0.2) is 30.1 Å². The molecule has 0 unspecified atom stereocenters. The summed E-state index contributed by atoms with van der Waals surface area (Å²) in [7, 11) is 3.12. The molecule has 1 heterocycles. The third kappa shape index (κ3) is 4.56. The van der Waals surface area contributed by atoms with Crippen molar-refractivity contribution in [3.63, 3.8) is 0 Å². The first-order chi connectivity index (χ1) is 13.5. The summed E-state index contributed by atoms with van der Waals surface area (Å²) in [5.74, 6) is 1.19. The number of hydrogen-bond acceptors (Lipinski definition) is 5. The third-order valence-corrected chi connectivity index (χ3v) is 4.16. The van der Waals surface area contributed by atoms with Crippen molar-refractivity contribution in [1.29, 1.82) is 0 Å². The van der Waals surface area contributed by atoms with Gasteiger partial charge in [-0.15, -0.1) is 0 Å². The van der Waals surface area contributed by atoms with Gasteiger partial charge in [-0.05, 0) is 42.3 Å². The SMILES string of the molecule is COc1ccc(Cc2nc(C(=O)Nc3cc(C)ccc3OC)cc(=O)[nH]2)cc1. The average molecular weight is 379 g/mol. The second-order valence-corrected chi connectivity index (χ2v) is 6.26. The minimum absolute atomic E-state index is 0.0378. The van der Waals surface area contributed by atoms with Gasteiger partial charge in [-0.1, -0.05) is 18.2 Å². The summed E-state index contributed by atoms with van der Waals surface area (Å²) in [5.41, 5.74) is 2.07. The highest BCUT2D eigenvalue weighted by Crippen LogP contribution is 2.25. The zero-order valence-corrected chi connectivity index (χ0v) is 15.9. The molecule has 0 bridgehead atoms. The second kappa shape index (κ2) is 8.39. The largest absolute Gasteiger partial charge is 0.497 e. The van der Waals surface area contributed by atoms with Crippen LogP contribution in [0.3, 0.4) is 0 Å². The van der Waals surface area contributed by atoms with Crippen molar-refractivity contribution in [3.05, 3.63) is 81.5 Å². The molecule has 0 atom stereocenters. The van der Waals surface area contributed by atoms with Gasteiger partial charge in [0.05, 0.1) is 19.9 Å². The van der Waals surface area contributed by atoms with Gasteiger partial charge in [0.15, 0.2) is 0 Å². The lowest BCUT2D eigenvalue weighted by atomic mass is 10.1. The lowest BCUT2D eigenvalue weighted by molar-refractivity contribution is 0.102. The number of benzene rings is 2. The number of nitrogens with one attached hydrogen (secondary N) is 2. The Morgan fingerprint density at radius 2 is 1.82 bits per heavy atom. The van der Waals surface area contributed by atoms with E-state index in [2.05, 4.69) is 15.3 Å². The van der Waals surface area contributed by atoms with Crippen molar-refractivity contribution in [1.82, 2.24) is 9.97 Å². The highest BCUT2D eigenvalue weighted by Gasteiger charge is 2.14. The van der Waals surface area contributed by atoms with Gasteiger partial charge >= 0.3 is 0 Å². The van der Waals surface area contributed by atoms with Crippen LogP contribution in [0, 0.1) is 6.92 Å². The summed E-state index contributed by atoms with van der Waals surface area (Å²) in [6, 6.07) is 14.0.